The Kier molecular flexibility index (Phi) is 6.15. The van der Waals surface area contributed by atoms with Gasteiger partial charge in [-0.3, -0.25) is 4.79 Å². The summed E-state index contributed by atoms with van der Waals surface area (Å²) in [5.74, 6) is -0.960. The van der Waals surface area contributed by atoms with E-state index in [1.54, 1.807) is 12.2 Å². The highest BCUT2D eigenvalue weighted by molar-refractivity contribution is 5.87. The zero-order valence-electron chi connectivity index (χ0n) is 15.9. The maximum Gasteiger partial charge on any atom is 0.416 e. The number of nitrogens with zero attached hydrogens (tertiary/aromatic N) is 2. The number of carbonyl (C=O) groups is 1. The highest BCUT2D eigenvalue weighted by Crippen LogP contribution is 2.30. The molecule has 0 bridgehead atoms. The minimum Gasteiger partial charge on any atom is -0.457 e. The average molecular weight is 414 g/mol. The van der Waals surface area contributed by atoms with Gasteiger partial charge in [0.15, 0.2) is 0 Å². The van der Waals surface area contributed by atoms with Crippen molar-refractivity contribution in [2.75, 3.05) is 6.61 Å². The summed E-state index contributed by atoms with van der Waals surface area (Å²) in [5, 5.41) is 3.94. The number of hydrogen-bond acceptors (Lipinski definition) is 4. The third kappa shape index (κ3) is 5.02. The quantitative estimate of drug-likeness (QED) is 0.580. The van der Waals surface area contributed by atoms with Crippen molar-refractivity contribution in [3.05, 3.63) is 99.5 Å². The lowest BCUT2D eigenvalue weighted by Gasteiger charge is -2.13. The number of hydrogen-bond donors (Lipinski definition) is 0. The Bertz CT molecular complexity index is 1140. The summed E-state index contributed by atoms with van der Waals surface area (Å²) in [7, 11) is 0. The first kappa shape index (κ1) is 21.0. The predicted octanol–water partition coefficient (Wildman–Crippen LogP) is 4.43. The Morgan fingerprint density at radius 3 is 2.53 bits per heavy atom. The molecular formula is C22H17F3N2O3. The van der Waals surface area contributed by atoms with Crippen LogP contribution in [0.15, 0.2) is 71.5 Å². The number of aryl methyl sites for hydroxylation is 1. The van der Waals surface area contributed by atoms with Crippen LogP contribution in [-0.4, -0.2) is 22.4 Å². The van der Waals surface area contributed by atoms with Crippen molar-refractivity contribution < 1.29 is 22.7 Å². The predicted molar refractivity (Wildman–Crippen MR) is 105 cm³/mol. The topological polar surface area (TPSA) is 61.2 Å². The van der Waals surface area contributed by atoms with Crippen LogP contribution in [0.3, 0.4) is 0 Å². The molecule has 0 saturated carbocycles. The SMILES string of the molecule is Cc1cc(=O)c(C(=O)OC/C=C/c2ccccc2)nn1-c1cccc(C(F)(F)F)c1. The van der Waals surface area contributed by atoms with Gasteiger partial charge in [0, 0.05) is 11.8 Å². The smallest absolute Gasteiger partial charge is 0.416 e. The summed E-state index contributed by atoms with van der Waals surface area (Å²) >= 11 is 0. The Morgan fingerprint density at radius 2 is 1.83 bits per heavy atom. The van der Waals surface area contributed by atoms with Crippen molar-refractivity contribution in [3.63, 3.8) is 0 Å². The van der Waals surface area contributed by atoms with Gasteiger partial charge < -0.3 is 4.74 Å². The monoisotopic (exact) mass is 414 g/mol. The van der Waals surface area contributed by atoms with Crippen molar-refractivity contribution in [1.82, 2.24) is 9.78 Å². The first-order valence-electron chi connectivity index (χ1n) is 8.93. The number of halogens is 3. The van der Waals surface area contributed by atoms with Gasteiger partial charge in [-0.2, -0.15) is 18.3 Å². The molecule has 5 nitrogen and oxygen atoms in total. The molecule has 2 aromatic carbocycles. The molecule has 0 N–H and O–H groups in total. The van der Waals surface area contributed by atoms with Crippen LogP contribution in [0.2, 0.25) is 0 Å². The lowest BCUT2D eigenvalue weighted by atomic mass is 10.2. The van der Waals surface area contributed by atoms with Gasteiger partial charge in [-0.15, -0.1) is 0 Å². The van der Waals surface area contributed by atoms with Crippen molar-refractivity contribution >= 4 is 12.0 Å². The molecule has 0 fully saturated rings. The number of benzene rings is 2. The molecule has 8 heteroatoms. The number of aromatic nitrogens is 2. The largest absolute Gasteiger partial charge is 0.457 e. The zero-order chi connectivity index (χ0) is 21.7. The van der Waals surface area contributed by atoms with E-state index in [9.17, 15) is 22.8 Å². The molecule has 0 spiro atoms. The van der Waals surface area contributed by atoms with Gasteiger partial charge in [0.2, 0.25) is 11.1 Å². The third-order valence-corrected chi connectivity index (χ3v) is 4.14. The van der Waals surface area contributed by atoms with Crippen LogP contribution in [0.5, 0.6) is 0 Å². The number of esters is 1. The lowest BCUT2D eigenvalue weighted by molar-refractivity contribution is -0.137. The van der Waals surface area contributed by atoms with Crippen LogP contribution < -0.4 is 5.43 Å². The van der Waals surface area contributed by atoms with Gasteiger partial charge in [-0.25, -0.2) is 9.48 Å². The maximum atomic E-state index is 13.0. The molecule has 3 rings (SSSR count). The molecule has 3 aromatic rings. The zero-order valence-corrected chi connectivity index (χ0v) is 15.9. The molecule has 1 aromatic heterocycles. The van der Waals surface area contributed by atoms with Crippen LogP contribution >= 0.6 is 0 Å². The van der Waals surface area contributed by atoms with Crippen molar-refractivity contribution in [2.45, 2.75) is 13.1 Å². The minimum absolute atomic E-state index is 0.0698. The fourth-order valence-corrected chi connectivity index (χ4v) is 2.70. The molecular weight excluding hydrogens is 397 g/mol. The van der Waals surface area contributed by atoms with Gasteiger partial charge in [0.25, 0.3) is 0 Å². The van der Waals surface area contributed by atoms with Crippen molar-refractivity contribution in [3.8, 4) is 5.69 Å². The summed E-state index contributed by atoms with van der Waals surface area (Å²) in [4.78, 5) is 24.5. The van der Waals surface area contributed by atoms with Gasteiger partial charge in [0.1, 0.15) is 6.61 Å². The standard InChI is InChI=1S/C22H17F3N2O3/c1-15-13-19(28)20(21(29)30-12-6-9-16-7-3-2-4-8-16)26-27(15)18-11-5-10-17(14-18)22(23,24)25/h2-11,13-14H,12H2,1H3/b9-6+. The second-order valence-corrected chi connectivity index (χ2v) is 6.37. The number of rotatable bonds is 5. The first-order chi connectivity index (χ1) is 14.3. The Labute approximate surface area is 170 Å². The van der Waals surface area contributed by atoms with Crippen LogP contribution in [0.25, 0.3) is 11.8 Å². The Morgan fingerprint density at radius 1 is 1.10 bits per heavy atom. The number of carbonyl (C=O) groups excluding carboxylic acids is 1. The Hall–Kier alpha value is -3.68. The minimum atomic E-state index is -4.53. The highest BCUT2D eigenvalue weighted by atomic mass is 19.4. The van der Waals surface area contributed by atoms with E-state index in [0.717, 1.165) is 28.4 Å². The molecule has 0 unspecified atom stereocenters. The molecule has 0 aliphatic rings. The maximum absolute atomic E-state index is 13.0. The molecule has 0 atom stereocenters. The van der Waals surface area contributed by atoms with Gasteiger partial charge in [-0.05, 0) is 36.8 Å². The summed E-state index contributed by atoms with van der Waals surface area (Å²) in [6.45, 7) is 1.42. The molecule has 154 valence electrons. The van der Waals surface area contributed by atoms with Crippen molar-refractivity contribution in [2.24, 2.45) is 0 Å². The van der Waals surface area contributed by atoms with E-state index in [1.165, 1.54) is 19.1 Å². The van der Waals surface area contributed by atoms with Crippen molar-refractivity contribution in [1.29, 1.82) is 0 Å². The van der Waals surface area contributed by atoms with E-state index in [-0.39, 0.29) is 18.0 Å². The van der Waals surface area contributed by atoms with Crippen LogP contribution in [0.1, 0.15) is 27.3 Å². The first-order valence-corrected chi connectivity index (χ1v) is 8.93. The molecule has 30 heavy (non-hydrogen) atoms. The van der Waals surface area contributed by atoms with E-state index in [4.69, 9.17) is 4.74 Å². The molecule has 0 aliphatic heterocycles. The van der Waals surface area contributed by atoms with Crippen LogP contribution in [0.4, 0.5) is 13.2 Å². The molecule has 0 amide bonds. The Balaban J connectivity index is 1.82. The summed E-state index contributed by atoms with van der Waals surface area (Å²) in [6.07, 6.45) is -1.18. The number of alkyl halides is 3. The van der Waals surface area contributed by atoms with Gasteiger partial charge >= 0.3 is 12.1 Å². The average Bonchev–Trinajstić information content (AvgIpc) is 2.71. The lowest BCUT2D eigenvalue weighted by Crippen LogP contribution is -2.24. The summed E-state index contributed by atoms with van der Waals surface area (Å²) in [5.41, 5.74) is -0.789. The van der Waals surface area contributed by atoms with E-state index < -0.39 is 28.8 Å². The molecule has 0 saturated heterocycles. The van der Waals surface area contributed by atoms with Gasteiger partial charge in [-0.1, -0.05) is 42.5 Å². The fraction of sp³-hybridized carbons (Fsp3) is 0.136. The van der Waals surface area contributed by atoms with Crippen LogP contribution in [0, 0.1) is 6.92 Å². The highest BCUT2D eigenvalue weighted by Gasteiger charge is 2.30. The molecule has 0 radical (unpaired) electrons. The van der Waals surface area contributed by atoms with E-state index in [0.29, 0.717) is 0 Å². The van der Waals surface area contributed by atoms with E-state index in [1.807, 2.05) is 30.3 Å². The molecule has 0 aliphatic carbocycles. The summed E-state index contributed by atoms with van der Waals surface area (Å²) < 4.78 is 45.1. The summed E-state index contributed by atoms with van der Waals surface area (Å²) in [6, 6.07) is 14.9. The van der Waals surface area contributed by atoms with E-state index in [2.05, 4.69) is 5.10 Å². The van der Waals surface area contributed by atoms with E-state index >= 15 is 0 Å². The fourth-order valence-electron chi connectivity index (χ4n) is 2.70. The number of ether oxygens (including phenoxy) is 1. The molecule has 1 heterocycles. The normalized spacial score (nSPS) is 11.6. The van der Waals surface area contributed by atoms with Gasteiger partial charge in [0.05, 0.1) is 11.3 Å². The second kappa shape index (κ2) is 8.77. The van der Waals surface area contributed by atoms with Crippen LogP contribution in [-0.2, 0) is 10.9 Å². The third-order valence-electron chi connectivity index (χ3n) is 4.14. The second-order valence-electron chi connectivity index (χ2n) is 6.37.